The van der Waals surface area contributed by atoms with Gasteiger partial charge in [0, 0.05) is 0 Å². The third-order valence-electron chi connectivity index (χ3n) is 4.71. The summed E-state index contributed by atoms with van der Waals surface area (Å²) in [5.41, 5.74) is 9.30. The third kappa shape index (κ3) is 3.11. The molecule has 2 aromatic carbocycles. The van der Waals surface area contributed by atoms with Crippen molar-refractivity contribution in [3.8, 4) is 23.1 Å². The molecule has 0 bridgehead atoms. The average molecular weight is 330 g/mol. The Kier molecular flexibility index (Phi) is 3.95. The summed E-state index contributed by atoms with van der Waals surface area (Å²) in [6.45, 7) is 0.673. The fraction of sp³-hybridized carbons (Fsp3) is 0.250. The number of hydrogen-bond donors (Lipinski definition) is 1. The van der Waals surface area contributed by atoms with Crippen LogP contribution in [0.2, 0.25) is 0 Å². The Labute approximate surface area is 146 Å². The van der Waals surface area contributed by atoms with Gasteiger partial charge < -0.3 is 10.5 Å². The number of nitrogens with two attached hydrogens (primary N) is 1. The van der Waals surface area contributed by atoms with E-state index in [1.54, 1.807) is 0 Å². The molecule has 0 spiro atoms. The molecule has 5 nitrogen and oxygen atoms in total. The van der Waals surface area contributed by atoms with E-state index in [9.17, 15) is 0 Å². The summed E-state index contributed by atoms with van der Waals surface area (Å²) >= 11 is 0. The lowest BCUT2D eigenvalue weighted by Crippen LogP contribution is -2.19. The summed E-state index contributed by atoms with van der Waals surface area (Å²) in [5, 5.41) is 9.79. The smallest absolute Gasteiger partial charge is 0.226 e. The number of benzene rings is 2. The topological polar surface area (TPSA) is 84.8 Å². The molecule has 3 aromatic rings. The lowest BCUT2D eigenvalue weighted by Gasteiger charge is -2.25. The van der Waals surface area contributed by atoms with Crippen LogP contribution >= 0.6 is 0 Å². The second-order valence-electron chi connectivity index (χ2n) is 6.42. The van der Waals surface area contributed by atoms with Crippen molar-refractivity contribution in [2.45, 2.75) is 19.3 Å². The lowest BCUT2D eigenvalue weighted by molar-refractivity contribution is 0.177. The Morgan fingerprint density at radius 3 is 2.52 bits per heavy atom. The van der Waals surface area contributed by atoms with Crippen molar-refractivity contribution in [2.24, 2.45) is 5.92 Å². The van der Waals surface area contributed by atoms with Gasteiger partial charge in [0.2, 0.25) is 11.8 Å². The van der Waals surface area contributed by atoms with Crippen molar-refractivity contribution >= 4 is 16.9 Å². The quantitative estimate of drug-likeness (QED) is 0.783. The summed E-state index contributed by atoms with van der Waals surface area (Å²) in [5.74, 6) is 1.39. The number of nitrogen functional groups attached to an aromatic ring is 1. The SMILES string of the molecule is N#Cc1ccc(-c2ccc3nc(N)nc(OCC4CCC4)c3c2)cc1. The molecule has 0 saturated heterocycles. The monoisotopic (exact) mass is 330 g/mol. The molecule has 25 heavy (non-hydrogen) atoms. The molecule has 0 radical (unpaired) electrons. The molecular formula is C20H18N4O. The number of rotatable bonds is 4. The number of hydrogen-bond acceptors (Lipinski definition) is 5. The van der Waals surface area contributed by atoms with E-state index in [1.165, 1.54) is 19.3 Å². The first kappa shape index (κ1) is 15.4. The second kappa shape index (κ2) is 6.40. The summed E-state index contributed by atoms with van der Waals surface area (Å²) in [7, 11) is 0. The molecule has 4 rings (SSSR count). The molecule has 1 fully saturated rings. The zero-order valence-electron chi connectivity index (χ0n) is 13.8. The van der Waals surface area contributed by atoms with Gasteiger partial charge in [0.05, 0.1) is 29.1 Å². The van der Waals surface area contributed by atoms with Crippen LogP contribution in [-0.2, 0) is 0 Å². The van der Waals surface area contributed by atoms with Crippen LogP contribution in [0.25, 0.3) is 22.0 Å². The predicted molar refractivity (Wildman–Crippen MR) is 96.9 cm³/mol. The number of fused-ring (bicyclic) bond motifs is 1. The maximum absolute atomic E-state index is 8.94. The number of ether oxygens (including phenoxy) is 1. The molecule has 1 aromatic heterocycles. The maximum Gasteiger partial charge on any atom is 0.226 e. The van der Waals surface area contributed by atoms with E-state index in [4.69, 9.17) is 15.7 Å². The van der Waals surface area contributed by atoms with Gasteiger partial charge in [0.15, 0.2) is 0 Å². The standard InChI is InChI=1S/C20H18N4O/c21-11-13-4-6-15(7-5-13)16-8-9-18-17(10-16)19(24-20(22)23-18)25-12-14-2-1-3-14/h4-10,14H,1-3,12H2,(H2,22,23,24). The minimum atomic E-state index is 0.224. The number of aromatic nitrogens is 2. The van der Waals surface area contributed by atoms with E-state index in [0.29, 0.717) is 24.0 Å². The molecule has 0 aliphatic heterocycles. The molecule has 0 atom stereocenters. The van der Waals surface area contributed by atoms with Crippen LogP contribution in [0.15, 0.2) is 42.5 Å². The zero-order chi connectivity index (χ0) is 17.2. The summed E-state index contributed by atoms with van der Waals surface area (Å²) in [4.78, 5) is 8.60. The van der Waals surface area contributed by atoms with Crippen LogP contribution in [-0.4, -0.2) is 16.6 Å². The highest BCUT2D eigenvalue weighted by Gasteiger charge is 2.19. The molecule has 124 valence electrons. The zero-order valence-corrected chi connectivity index (χ0v) is 13.8. The molecular weight excluding hydrogens is 312 g/mol. The number of nitriles is 1. The highest BCUT2D eigenvalue weighted by molar-refractivity contribution is 5.89. The Bertz CT molecular complexity index is 956. The second-order valence-corrected chi connectivity index (χ2v) is 6.42. The number of nitrogens with zero attached hydrogens (tertiary/aromatic N) is 3. The normalized spacial score (nSPS) is 14.0. The maximum atomic E-state index is 8.94. The van der Waals surface area contributed by atoms with Crippen LogP contribution in [0.3, 0.4) is 0 Å². The van der Waals surface area contributed by atoms with Crippen molar-refractivity contribution < 1.29 is 4.74 Å². The summed E-state index contributed by atoms with van der Waals surface area (Å²) in [6.07, 6.45) is 3.72. The molecule has 2 N–H and O–H groups in total. The first-order valence-corrected chi connectivity index (χ1v) is 8.43. The highest BCUT2D eigenvalue weighted by atomic mass is 16.5. The Morgan fingerprint density at radius 1 is 1.08 bits per heavy atom. The predicted octanol–water partition coefficient (Wildman–Crippen LogP) is 3.93. The number of anilines is 1. The van der Waals surface area contributed by atoms with Crippen LogP contribution < -0.4 is 10.5 Å². The fourth-order valence-corrected chi connectivity index (χ4v) is 3.00. The van der Waals surface area contributed by atoms with Crippen molar-refractivity contribution in [1.82, 2.24) is 9.97 Å². The fourth-order valence-electron chi connectivity index (χ4n) is 3.00. The average Bonchev–Trinajstić information content (AvgIpc) is 2.60. The lowest BCUT2D eigenvalue weighted by atomic mass is 9.86. The first-order chi connectivity index (χ1) is 12.2. The van der Waals surface area contributed by atoms with E-state index in [2.05, 4.69) is 16.0 Å². The Hall–Kier alpha value is -3.13. The van der Waals surface area contributed by atoms with E-state index < -0.39 is 0 Å². The van der Waals surface area contributed by atoms with E-state index >= 15 is 0 Å². The van der Waals surface area contributed by atoms with Gasteiger partial charge >= 0.3 is 0 Å². The van der Waals surface area contributed by atoms with E-state index in [-0.39, 0.29) is 5.95 Å². The molecule has 1 saturated carbocycles. The van der Waals surface area contributed by atoms with Crippen molar-refractivity contribution in [3.05, 3.63) is 48.0 Å². The van der Waals surface area contributed by atoms with Gasteiger partial charge in [-0.3, -0.25) is 0 Å². The third-order valence-corrected chi connectivity index (χ3v) is 4.71. The Balaban J connectivity index is 1.71. The van der Waals surface area contributed by atoms with Gasteiger partial charge in [-0.15, -0.1) is 0 Å². The largest absolute Gasteiger partial charge is 0.477 e. The van der Waals surface area contributed by atoms with E-state index in [1.807, 2.05) is 42.5 Å². The van der Waals surface area contributed by atoms with E-state index in [0.717, 1.165) is 22.0 Å². The van der Waals surface area contributed by atoms with Crippen LogP contribution in [0.5, 0.6) is 5.88 Å². The van der Waals surface area contributed by atoms with Crippen molar-refractivity contribution in [3.63, 3.8) is 0 Å². The van der Waals surface area contributed by atoms with Gasteiger partial charge in [-0.1, -0.05) is 24.6 Å². The van der Waals surface area contributed by atoms with Gasteiger partial charge in [-0.05, 0) is 54.2 Å². The summed E-state index contributed by atoms with van der Waals surface area (Å²) < 4.78 is 5.96. The van der Waals surface area contributed by atoms with Crippen LogP contribution in [0, 0.1) is 17.2 Å². The van der Waals surface area contributed by atoms with Gasteiger partial charge in [0.25, 0.3) is 0 Å². The van der Waals surface area contributed by atoms with Crippen molar-refractivity contribution in [2.75, 3.05) is 12.3 Å². The minimum absolute atomic E-state index is 0.224. The van der Waals surface area contributed by atoms with Crippen LogP contribution in [0.4, 0.5) is 5.95 Å². The van der Waals surface area contributed by atoms with Gasteiger partial charge in [0.1, 0.15) is 0 Å². The molecule has 1 heterocycles. The molecule has 1 aliphatic carbocycles. The van der Waals surface area contributed by atoms with Crippen molar-refractivity contribution in [1.29, 1.82) is 5.26 Å². The molecule has 0 unspecified atom stereocenters. The minimum Gasteiger partial charge on any atom is -0.477 e. The molecule has 0 amide bonds. The Morgan fingerprint density at radius 2 is 1.84 bits per heavy atom. The van der Waals surface area contributed by atoms with Gasteiger partial charge in [-0.25, -0.2) is 4.98 Å². The summed E-state index contributed by atoms with van der Waals surface area (Å²) in [6, 6.07) is 15.6. The highest BCUT2D eigenvalue weighted by Crippen LogP contribution is 2.31. The van der Waals surface area contributed by atoms with Gasteiger partial charge in [-0.2, -0.15) is 10.2 Å². The first-order valence-electron chi connectivity index (χ1n) is 8.43. The molecule has 5 heteroatoms. The molecule has 1 aliphatic rings. The van der Waals surface area contributed by atoms with Crippen LogP contribution in [0.1, 0.15) is 24.8 Å².